The van der Waals surface area contributed by atoms with Crippen molar-refractivity contribution in [1.82, 2.24) is 4.98 Å². The maximum atomic E-state index is 5.91. The lowest BCUT2D eigenvalue weighted by Crippen LogP contribution is -1.80. The highest BCUT2D eigenvalue weighted by atomic mass is 35.5. The van der Waals surface area contributed by atoms with Crippen molar-refractivity contribution in [3.63, 3.8) is 0 Å². The molecule has 1 atom stereocenters. The zero-order valence-electron chi connectivity index (χ0n) is 5.80. The normalized spacial score (nSPS) is 13.5. The van der Waals surface area contributed by atoms with Crippen molar-refractivity contribution in [1.29, 1.82) is 0 Å². The molecule has 0 aliphatic carbocycles. The van der Waals surface area contributed by atoms with Crippen LogP contribution in [0.4, 0.5) is 0 Å². The Labute approximate surface area is 70.1 Å². The Balaban J connectivity index is 2.74. The number of nitrogens with zero attached hydrogens (tertiary/aromatic N) is 1. The third kappa shape index (κ3) is 1.70. The van der Waals surface area contributed by atoms with Crippen LogP contribution in [0.15, 0.2) is 6.20 Å². The van der Waals surface area contributed by atoms with E-state index in [-0.39, 0.29) is 5.38 Å². The van der Waals surface area contributed by atoms with Crippen LogP contribution in [0.2, 0.25) is 0 Å². The van der Waals surface area contributed by atoms with Gasteiger partial charge in [-0.25, -0.2) is 4.98 Å². The van der Waals surface area contributed by atoms with Gasteiger partial charge in [-0.2, -0.15) is 0 Å². The maximum absolute atomic E-state index is 5.91. The van der Waals surface area contributed by atoms with Gasteiger partial charge in [0, 0.05) is 11.1 Å². The molecule has 0 N–H and O–H groups in total. The zero-order valence-corrected chi connectivity index (χ0v) is 7.37. The first-order chi connectivity index (χ1) is 4.74. The summed E-state index contributed by atoms with van der Waals surface area (Å²) in [4.78, 5) is 5.21. The molecule has 0 aromatic carbocycles. The molecule has 0 spiro atoms. The molecule has 1 heterocycles. The smallest absolute Gasteiger partial charge is 0.0897 e. The Bertz CT molecular complexity index is 209. The second kappa shape index (κ2) is 3.35. The lowest BCUT2D eigenvalue weighted by molar-refractivity contribution is 0.972. The molecule has 1 aromatic rings. The van der Waals surface area contributed by atoms with E-state index in [1.165, 1.54) is 0 Å². The number of aryl methyl sites for hydroxylation is 1. The van der Waals surface area contributed by atoms with Crippen molar-refractivity contribution in [3.05, 3.63) is 23.0 Å². The summed E-state index contributed by atoms with van der Waals surface area (Å²) in [7, 11) is 0. The molecule has 0 aliphatic rings. The number of hydrogen-bond acceptors (Lipinski definition) is 2. The van der Waals surface area contributed by atoms with Gasteiger partial charge < -0.3 is 0 Å². The van der Waals surface area contributed by atoms with E-state index in [9.17, 15) is 0 Å². The van der Waals surface area contributed by atoms with Gasteiger partial charge in [0.15, 0.2) is 0 Å². The molecule has 1 unspecified atom stereocenters. The van der Waals surface area contributed by atoms with Crippen LogP contribution in [0, 0.1) is 13.8 Å². The number of hydrogen-bond donors (Lipinski definition) is 0. The van der Waals surface area contributed by atoms with Gasteiger partial charge in [-0.1, -0.05) is 6.92 Å². The van der Waals surface area contributed by atoms with Crippen LogP contribution < -0.4 is 0 Å². The molecule has 0 saturated heterocycles. The maximum Gasteiger partial charge on any atom is 0.0897 e. The summed E-state index contributed by atoms with van der Waals surface area (Å²) in [5.41, 5.74) is 0. The third-order valence-electron chi connectivity index (χ3n) is 1.20. The molecule has 0 bridgehead atoms. The van der Waals surface area contributed by atoms with Crippen molar-refractivity contribution in [2.24, 2.45) is 0 Å². The summed E-state index contributed by atoms with van der Waals surface area (Å²) in [5.74, 6) is 0. The number of rotatable bonds is 2. The first-order valence-corrected chi connectivity index (χ1v) is 4.35. The molecule has 3 heteroatoms. The van der Waals surface area contributed by atoms with Crippen molar-refractivity contribution in [3.8, 4) is 0 Å². The summed E-state index contributed by atoms with van der Waals surface area (Å²) in [6.07, 6.45) is 2.55. The Morgan fingerprint density at radius 3 is 3.00 bits per heavy atom. The molecule has 55 valence electrons. The molecule has 1 nitrogen and oxygen atoms in total. The summed E-state index contributed by atoms with van der Waals surface area (Å²) in [6, 6.07) is 0. The Kier molecular flexibility index (Phi) is 2.69. The fraction of sp³-hybridized carbons (Fsp3) is 0.429. The second-order valence-electron chi connectivity index (χ2n) is 2.04. The van der Waals surface area contributed by atoms with E-state index in [4.69, 9.17) is 11.6 Å². The molecule has 0 saturated carbocycles. The van der Waals surface area contributed by atoms with E-state index in [2.05, 4.69) is 11.9 Å². The van der Waals surface area contributed by atoms with Gasteiger partial charge in [-0.3, -0.25) is 0 Å². The van der Waals surface area contributed by atoms with Gasteiger partial charge in [0.25, 0.3) is 0 Å². The lowest BCUT2D eigenvalue weighted by Gasteiger charge is -1.98. The first kappa shape index (κ1) is 8.02. The largest absolute Gasteiger partial charge is 0.250 e. The summed E-state index contributed by atoms with van der Waals surface area (Å²) in [6.45, 7) is 5.69. The monoisotopic (exact) mass is 174 g/mol. The van der Waals surface area contributed by atoms with Crippen LogP contribution in [-0.4, -0.2) is 4.98 Å². The number of alkyl halides is 1. The van der Waals surface area contributed by atoms with Crippen LogP contribution >= 0.6 is 22.9 Å². The van der Waals surface area contributed by atoms with Crippen LogP contribution in [0.1, 0.15) is 21.7 Å². The zero-order chi connectivity index (χ0) is 7.56. The SMILES string of the molecule is [CH2]CC(Cl)c1cnc(C)s1. The topological polar surface area (TPSA) is 12.9 Å². The summed E-state index contributed by atoms with van der Waals surface area (Å²) >= 11 is 7.55. The lowest BCUT2D eigenvalue weighted by atomic mass is 10.3. The standard InChI is InChI=1S/C7H9ClNS/c1-3-6(8)7-4-9-5(2)10-7/h4,6H,1,3H2,2H3. The van der Waals surface area contributed by atoms with E-state index in [1.807, 2.05) is 13.1 Å². The molecule has 1 radical (unpaired) electrons. The fourth-order valence-corrected chi connectivity index (χ4v) is 1.65. The van der Waals surface area contributed by atoms with Crippen molar-refractivity contribution in [2.45, 2.75) is 18.7 Å². The molecule has 1 aromatic heterocycles. The van der Waals surface area contributed by atoms with E-state index in [1.54, 1.807) is 11.3 Å². The van der Waals surface area contributed by atoms with Gasteiger partial charge in [-0.15, -0.1) is 22.9 Å². The Hall–Kier alpha value is -0.0800. The minimum atomic E-state index is 0.0474. The first-order valence-electron chi connectivity index (χ1n) is 3.09. The Morgan fingerprint density at radius 2 is 2.60 bits per heavy atom. The van der Waals surface area contributed by atoms with Gasteiger partial charge in [0.2, 0.25) is 0 Å². The van der Waals surface area contributed by atoms with Gasteiger partial charge in [0.05, 0.1) is 10.4 Å². The molecule has 1 rings (SSSR count). The van der Waals surface area contributed by atoms with Crippen LogP contribution in [0.5, 0.6) is 0 Å². The van der Waals surface area contributed by atoms with Crippen LogP contribution in [-0.2, 0) is 0 Å². The highest BCUT2D eigenvalue weighted by molar-refractivity contribution is 7.11. The van der Waals surface area contributed by atoms with Gasteiger partial charge in [-0.05, 0) is 13.3 Å². The summed E-state index contributed by atoms with van der Waals surface area (Å²) in [5, 5.41) is 1.11. The predicted molar refractivity (Wildman–Crippen MR) is 45.4 cm³/mol. The number of halogens is 1. The van der Waals surface area contributed by atoms with Crippen molar-refractivity contribution in [2.75, 3.05) is 0 Å². The molecular weight excluding hydrogens is 166 g/mol. The highest BCUT2D eigenvalue weighted by Gasteiger charge is 2.07. The minimum Gasteiger partial charge on any atom is -0.250 e. The third-order valence-corrected chi connectivity index (χ3v) is 2.81. The minimum absolute atomic E-state index is 0.0474. The summed E-state index contributed by atoms with van der Waals surface area (Å²) < 4.78 is 0. The van der Waals surface area contributed by atoms with Crippen LogP contribution in [0.25, 0.3) is 0 Å². The number of thiazole rings is 1. The number of aromatic nitrogens is 1. The molecule has 10 heavy (non-hydrogen) atoms. The van der Waals surface area contributed by atoms with Crippen molar-refractivity contribution < 1.29 is 0 Å². The molecule has 0 aliphatic heterocycles. The second-order valence-corrected chi connectivity index (χ2v) is 3.83. The van der Waals surface area contributed by atoms with E-state index in [0.29, 0.717) is 0 Å². The predicted octanol–water partition coefficient (Wildman–Crippen LogP) is 2.96. The fourth-order valence-electron chi connectivity index (χ4n) is 0.665. The Morgan fingerprint density at radius 1 is 1.90 bits per heavy atom. The van der Waals surface area contributed by atoms with E-state index < -0.39 is 0 Å². The quantitative estimate of drug-likeness (QED) is 0.629. The molecule has 0 fully saturated rings. The van der Waals surface area contributed by atoms with E-state index in [0.717, 1.165) is 16.3 Å². The molecular formula is C7H9ClNS. The van der Waals surface area contributed by atoms with Gasteiger partial charge >= 0.3 is 0 Å². The highest BCUT2D eigenvalue weighted by Crippen LogP contribution is 2.27. The van der Waals surface area contributed by atoms with E-state index >= 15 is 0 Å². The average molecular weight is 175 g/mol. The van der Waals surface area contributed by atoms with Crippen LogP contribution in [0.3, 0.4) is 0 Å². The van der Waals surface area contributed by atoms with Crippen molar-refractivity contribution >= 4 is 22.9 Å². The molecule has 0 amide bonds. The van der Waals surface area contributed by atoms with Gasteiger partial charge in [0.1, 0.15) is 0 Å². The average Bonchev–Trinajstić information content (AvgIpc) is 2.34.